The second kappa shape index (κ2) is 5.37. The molecule has 0 atom stereocenters. The van der Waals surface area contributed by atoms with E-state index in [1.54, 1.807) is 0 Å². The van der Waals surface area contributed by atoms with E-state index in [0.717, 1.165) is 12.0 Å². The lowest BCUT2D eigenvalue weighted by Gasteiger charge is -2.00. The van der Waals surface area contributed by atoms with E-state index in [2.05, 4.69) is 25.1 Å². The van der Waals surface area contributed by atoms with Gasteiger partial charge in [-0.05, 0) is 24.0 Å². The highest BCUT2D eigenvalue weighted by atomic mass is 14.2. The van der Waals surface area contributed by atoms with Gasteiger partial charge in [0.25, 0.3) is 0 Å². The van der Waals surface area contributed by atoms with Crippen molar-refractivity contribution in [2.75, 3.05) is 0 Å². The largest absolute Gasteiger partial charge is 0.198 e. The Morgan fingerprint density at radius 1 is 1.15 bits per heavy atom. The Kier molecular flexibility index (Phi) is 4.05. The molecular weight excluding hydrogens is 158 g/mol. The molecule has 68 valence electrons. The number of unbranched alkanes of at least 4 members (excludes halogenated alkanes) is 1. The SMILES string of the molecule is CCCCc1ccc(CC#N)cc1. The highest BCUT2D eigenvalue weighted by Gasteiger charge is 1.93. The number of nitrogens with zero attached hydrogens (tertiary/aromatic N) is 1. The average Bonchev–Trinajstić information content (AvgIpc) is 2.17. The predicted molar refractivity (Wildman–Crippen MR) is 54.4 cm³/mol. The molecule has 1 heteroatoms. The minimum absolute atomic E-state index is 0.522. The Balaban J connectivity index is 2.55. The summed E-state index contributed by atoms with van der Waals surface area (Å²) in [6, 6.07) is 10.5. The fourth-order valence-electron chi connectivity index (χ4n) is 1.30. The maximum atomic E-state index is 8.48. The maximum Gasteiger partial charge on any atom is 0.0669 e. The van der Waals surface area contributed by atoms with Gasteiger partial charge in [-0.2, -0.15) is 5.26 Å². The standard InChI is InChI=1S/C12H15N/c1-2-3-4-11-5-7-12(8-6-11)9-10-13/h5-8H,2-4,9H2,1H3. The highest BCUT2D eigenvalue weighted by Crippen LogP contribution is 2.07. The summed E-state index contributed by atoms with van der Waals surface area (Å²) in [6.07, 6.45) is 4.16. The van der Waals surface area contributed by atoms with Crippen molar-refractivity contribution in [2.24, 2.45) is 0 Å². The molecule has 1 aromatic carbocycles. The zero-order chi connectivity index (χ0) is 9.52. The fraction of sp³-hybridized carbons (Fsp3) is 0.417. The number of nitriles is 1. The van der Waals surface area contributed by atoms with Gasteiger partial charge in [-0.1, -0.05) is 37.6 Å². The first-order valence-corrected chi connectivity index (χ1v) is 4.81. The molecule has 0 aromatic heterocycles. The van der Waals surface area contributed by atoms with Crippen LogP contribution in [0.1, 0.15) is 30.9 Å². The predicted octanol–water partition coefficient (Wildman–Crippen LogP) is 3.10. The van der Waals surface area contributed by atoms with Crippen molar-refractivity contribution in [2.45, 2.75) is 32.6 Å². The zero-order valence-corrected chi connectivity index (χ0v) is 8.09. The molecule has 0 aliphatic carbocycles. The third-order valence-corrected chi connectivity index (χ3v) is 2.13. The third-order valence-electron chi connectivity index (χ3n) is 2.13. The van der Waals surface area contributed by atoms with Gasteiger partial charge in [0.05, 0.1) is 12.5 Å². The van der Waals surface area contributed by atoms with Gasteiger partial charge in [0.1, 0.15) is 0 Å². The van der Waals surface area contributed by atoms with Gasteiger partial charge in [0, 0.05) is 0 Å². The molecule has 0 saturated heterocycles. The number of rotatable bonds is 4. The van der Waals surface area contributed by atoms with Crippen LogP contribution in [-0.4, -0.2) is 0 Å². The molecule has 0 aliphatic heterocycles. The Morgan fingerprint density at radius 2 is 1.77 bits per heavy atom. The molecule has 0 radical (unpaired) electrons. The molecule has 0 saturated carbocycles. The van der Waals surface area contributed by atoms with Crippen LogP contribution in [0.15, 0.2) is 24.3 Å². The van der Waals surface area contributed by atoms with Crippen LogP contribution in [0.5, 0.6) is 0 Å². The molecule has 1 nitrogen and oxygen atoms in total. The molecule has 0 heterocycles. The summed E-state index contributed by atoms with van der Waals surface area (Å²) in [5.41, 5.74) is 2.49. The van der Waals surface area contributed by atoms with Crippen LogP contribution in [0.25, 0.3) is 0 Å². The second-order valence-corrected chi connectivity index (χ2v) is 3.25. The van der Waals surface area contributed by atoms with Gasteiger partial charge in [-0.3, -0.25) is 0 Å². The lowest BCUT2D eigenvalue weighted by molar-refractivity contribution is 0.795. The number of hydrogen-bond acceptors (Lipinski definition) is 1. The van der Waals surface area contributed by atoms with E-state index in [-0.39, 0.29) is 0 Å². The van der Waals surface area contributed by atoms with Crippen LogP contribution in [-0.2, 0) is 12.8 Å². The summed E-state index contributed by atoms with van der Waals surface area (Å²) in [4.78, 5) is 0. The van der Waals surface area contributed by atoms with Crippen LogP contribution < -0.4 is 0 Å². The first-order chi connectivity index (χ1) is 6.36. The Morgan fingerprint density at radius 3 is 2.31 bits per heavy atom. The smallest absolute Gasteiger partial charge is 0.0669 e. The van der Waals surface area contributed by atoms with Gasteiger partial charge in [0.15, 0.2) is 0 Å². The van der Waals surface area contributed by atoms with Crippen molar-refractivity contribution in [3.05, 3.63) is 35.4 Å². The monoisotopic (exact) mass is 173 g/mol. The van der Waals surface area contributed by atoms with E-state index in [1.807, 2.05) is 12.1 Å². The van der Waals surface area contributed by atoms with E-state index in [0.29, 0.717) is 6.42 Å². The van der Waals surface area contributed by atoms with Crippen molar-refractivity contribution in [1.82, 2.24) is 0 Å². The maximum absolute atomic E-state index is 8.48. The molecule has 1 aromatic rings. The Hall–Kier alpha value is -1.29. The topological polar surface area (TPSA) is 23.8 Å². The van der Waals surface area contributed by atoms with Gasteiger partial charge in [0.2, 0.25) is 0 Å². The molecule has 0 amide bonds. The first-order valence-electron chi connectivity index (χ1n) is 4.81. The summed E-state index contributed by atoms with van der Waals surface area (Å²) in [6.45, 7) is 2.20. The van der Waals surface area contributed by atoms with Crippen LogP contribution >= 0.6 is 0 Å². The number of hydrogen-bond donors (Lipinski definition) is 0. The first kappa shape index (κ1) is 9.80. The molecule has 0 fully saturated rings. The van der Waals surface area contributed by atoms with E-state index in [1.165, 1.54) is 18.4 Å². The van der Waals surface area contributed by atoms with Crippen LogP contribution in [0.2, 0.25) is 0 Å². The summed E-state index contributed by atoms with van der Waals surface area (Å²) >= 11 is 0. The van der Waals surface area contributed by atoms with Gasteiger partial charge < -0.3 is 0 Å². The molecule has 0 unspecified atom stereocenters. The molecule has 0 spiro atoms. The van der Waals surface area contributed by atoms with Crippen molar-refractivity contribution < 1.29 is 0 Å². The van der Waals surface area contributed by atoms with Gasteiger partial charge in [-0.15, -0.1) is 0 Å². The minimum atomic E-state index is 0.522. The second-order valence-electron chi connectivity index (χ2n) is 3.25. The van der Waals surface area contributed by atoms with Crippen molar-refractivity contribution in [1.29, 1.82) is 5.26 Å². The Labute approximate surface area is 80.0 Å². The van der Waals surface area contributed by atoms with Gasteiger partial charge >= 0.3 is 0 Å². The third kappa shape index (κ3) is 3.29. The molecule has 0 N–H and O–H groups in total. The highest BCUT2D eigenvalue weighted by molar-refractivity contribution is 5.24. The molecule has 0 bridgehead atoms. The lowest BCUT2D eigenvalue weighted by atomic mass is 10.1. The van der Waals surface area contributed by atoms with Crippen molar-refractivity contribution in [3.8, 4) is 6.07 Å². The summed E-state index contributed by atoms with van der Waals surface area (Å²) in [7, 11) is 0. The van der Waals surface area contributed by atoms with Crippen molar-refractivity contribution >= 4 is 0 Å². The number of benzene rings is 1. The fourth-order valence-corrected chi connectivity index (χ4v) is 1.30. The lowest BCUT2D eigenvalue weighted by Crippen LogP contribution is -1.86. The van der Waals surface area contributed by atoms with Crippen LogP contribution in [0, 0.1) is 11.3 Å². The number of aryl methyl sites for hydroxylation is 1. The molecule has 13 heavy (non-hydrogen) atoms. The van der Waals surface area contributed by atoms with E-state index in [9.17, 15) is 0 Å². The summed E-state index contributed by atoms with van der Waals surface area (Å²) < 4.78 is 0. The summed E-state index contributed by atoms with van der Waals surface area (Å²) in [5, 5.41) is 8.48. The zero-order valence-electron chi connectivity index (χ0n) is 8.09. The average molecular weight is 173 g/mol. The van der Waals surface area contributed by atoms with Crippen molar-refractivity contribution in [3.63, 3.8) is 0 Å². The van der Waals surface area contributed by atoms with Crippen LogP contribution in [0.3, 0.4) is 0 Å². The quantitative estimate of drug-likeness (QED) is 0.686. The summed E-state index contributed by atoms with van der Waals surface area (Å²) in [5.74, 6) is 0. The Bertz CT molecular complexity index is 279. The normalized spacial score (nSPS) is 9.54. The van der Waals surface area contributed by atoms with E-state index >= 15 is 0 Å². The van der Waals surface area contributed by atoms with Gasteiger partial charge in [-0.25, -0.2) is 0 Å². The van der Waals surface area contributed by atoms with Crippen LogP contribution in [0.4, 0.5) is 0 Å². The molecule has 0 aliphatic rings. The van der Waals surface area contributed by atoms with E-state index in [4.69, 9.17) is 5.26 Å². The molecule has 1 rings (SSSR count). The van der Waals surface area contributed by atoms with E-state index < -0.39 is 0 Å². The minimum Gasteiger partial charge on any atom is -0.198 e. The molecular formula is C12H15N.